The van der Waals surface area contributed by atoms with Crippen LogP contribution in [0.1, 0.15) is 5.69 Å². The van der Waals surface area contributed by atoms with E-state index in [0.717, 1.165) is 4.68 Å². The lowest BCUT2D eigenvalue weighted by Crippen LogP contribution is -2.06. The van der Waals surface area contributed by atoms with Gasteiger partial charge in [-0.3, -0.25) is 4.68 Å². The molecule has 11 heavy (non-hydrogen) atoms. The van der Waals surface area contributed by atoms with Crippen molar-refractivity contribution in [3.05, 3.63) is 16.9 Å². The zero-order chi connectivity index (χ0) is 8.65. The minimum absolute atomic E-state index is 0.155. The third kappa shape index (κ3) is 1.65. The first-order chi connectivity index (χ1) is 4.91. The van der Waals surface area contributed by atoms with Gasteiger partial charge in [0.05, 0.1) is 6.07 Å². The highest BCUT2D eigenvalue weighted by molar-refractivity contribution is 6.29. The van der Waals surface area contributed by atoms with E-state index >= 15 is 0 Å². The third-order valence-corrected chi connectivity index (χ3v) is 1.36. The first-order valence-corrected chi connectivity index (χ1v) is 2.98. The largest absolute Gasteiger partial charge is 0.435 e. The minimum Gasteiger partial charge on any atom is -0.256 e. The molecule has 6 heteroatoms. The Balaban J connectivity index is 3.08. The Morgan fingerprint density at radius 2 is 2.09 bits per heavy atom. The summed E-state index contributed by atoms with van der Waals surface area (Å²) >= 11 is 5.28. The van der Waals surface area contributed by atoms with Gasteiger partial charge in [0.15, 0.2) is 5.69 Å². The minimum atomic E-state index is -4.47. The second kappa shape index (κ2) is 2.41. The molecule has 0 N–H and O–H groups in total. The lowest BCUT2D eigenvalue weighted by atomic mass is 10.4. The van der Waals surface area contributed by atoms with E-state index in [1.807, 2.05) is 6.07 Å². The highest BCUT2D eigenvalue weighted by Gasteiger charge is 2.34. The van der Waals surface area contributed by atoms with E-state index in [0.29, 0.717) is 0 Å². The SMILES string of the molecule is Cn1nc(C(F)(F)F)[c]c1Cl. The van der Waals surface area contributed by atoms with Crippen molar-refractivity contribution in [2.24, 2.45) is 7.05 Å². The van der Waals surface area contributed by atoms with Crippen LogP contribution in [0.3, 0.4) is 0 Å². The average molecular weight is 184 g/mol. The molecule has 2 nitrogen and oxygen atoms in total. The summed E-state index contributed by atoms with van der Waals surface area (Å²) in [5.74, 6) is 0. The Kier molecular flexibility index (Phi) is 1.83. The summed E-state index contributed by atoms with van der Waals surface area (Å²) in [6.45, 7) is 0. The molecule has 1 aromatic rings. The zero-order valence-electron chi connectivity index (χ0n) is 5.41. The summed E-state index contributed by atoms with van der Waals surface area (Å²) in [7, 11) is 1.31. The van der Waals surface area contributed by atoms with Gasteiger partial charge in [-0.15, -0.1) is 0 Å². The van der Waals surface area contributed by atoms with Gasteiger partial charge in [0.2, 0.25) is 0 Å². The predicted octanol–water partition coefficient (Wildman–Crippen LogP) is 1.89. The number of hydrogen-bond acceptors (Lipinski definition) is 1. The Labute approximate surface area is 65.6 Å². The number of halogens is 4. The van der Waals surface area contributed by atoms with Crippen molar-refractivity contribution >= 4 is 11.6 Å². The second-order valence-electron chi connectivity index (χ2n) is 1.89. The van der Waals surface area contributed by atoms with Crippen LogP contribution in [0.5, 0.6) is 0 Å². The molecule has 1 rings (SSSR count). The molecular formula is C5H3ClF3N2. The fourth-order valence-corrected chi connectivity index (χ4v) is 0.652. The van der Waals surface area contributed by atoms with Gasteiger partial charge < -0.3 is 0 Å². The summed E-state index contributed by atoms with van der Waals surface area (Å²) in [4.78, 5) is 0. The first kappa shape index (κ1) is 8.39. The van der Waals surface area contributed by atoms with Crippen molar-refractivity contribution in [2.45, 2.75) is 6.18 Å². The fraction of sp³-hybridized carbons (Fsp3) is 0.400. The van der Waals surface area contributed by atoms with E-state index in [9.17, 15) is 13.2 Å². The van der Waals surface area contributed by atoms with E-state index in [1.54, 1.807) is 0 Å². The quantitative estimate of drug-likeness (QED) is 0.601. The van der Waals surface area contributed by atoms with Gasteiger partial charge in [-0.2, -0.15) is 18.3 Å². The van der Waals surface area contributed by atoms with Gasteiger partial charge in [0.25, 0.3) is 0 Å². The van der Waals surface area contributed by atoms with E-state index in [4.69, 9.17) is 11.6 Å². The number of rotatable bonds is 0. The molecule has 0 spiro atoms. The number of aromatic nitrogens is 2. The lowest BCUT2D eigenvalue weighted by Gasteiger charge is -1.98. The highest BCUT2D eigenvalue weighted by Crippen LogP contribution is 2.28. The highest BCUT2D eigenvalue weighted by atomic mass is 35.5. The predicted molar refractivity (Wildman–Crippen MR) is 32.1 cm³/mol. The summed E-state index contributed by atoms with van der Waals surface area (Å²) in [5.41, 5.74) is -1.09. The Bertz CT molecular complexity index is 246. The molecule has 0 saturated carbocycles. The van der Waals surface area contributed by atoms with Crippen LogP contribution in [0, 0.1) is 6.07 Å². The van der Waals surface area contributed by atoms with Crippen LogP contribution in [0.2, 0.25) is 5.15 Å². The van der Waals surface area contributed by atoms with Crippen molar-refractivity contribution in [3.8, 4) is 0 Å². The van der Waals surface area contributed by atoms with Crippen molar-refractivity contribution < 1.29 is 13.2 Å². The zero-order valence-corrected chi connectivity index (χ0v) is 6.16. The van der Waals surface area contributed by atoms with Gasteiger partial charge in [0, 0.05) is 7.05 Å². The monoisotopic (exact) mass is 183 g/mol. The van der Waals surface area contributed by atoms with Gasteiger partial charge in [-0.1, -0.05) is 11.6 Å². The van der Waals surface area contributed by atoms with Crippen LogP contribution in [-0.4, -0.2) is 9.78 Å². The maximum atomic E-state index is 11.8. The number of nitrogens with zero attached hydrogens (tertiary/aromatic N) is 2. The normalized spacial score (nSPS) is 12.1. The molecule has 0 aliphatic rings. The maximum Gasteiger partial charge on any atom is 0.435 e. The van der Waals surface area contributed by atoms with Crippen LogP contribution < -0.4 is 0 Å². The topological polar surface area (TPSA) is 17.8 Å². The lowest BCUT2D eigenvalue weighted by molar-refractivity contribution is -0.141. The van der Waals surface area contributed by atoms with Crippen molar-refractivity contribution in [1.29, 1.82) is 0 Å². The number of alkyl halides is 3. The standard InChI is InChI=1S/C5H3ClF3N2/c1-11-4(6)2-3(10-11)5(7,8)9/h1H3. The molecule has 1 radical (unpaired) electrons. The van der Waals surface area contributed by atoms with Gasteiger partial charge in [-0.25, -0.2) is 0 Å². The molecule has 0 fully saturated rings. The molecule has 0 aliphatic carbocycles. The summed E-state index contributed by atoms with van der Waals surface area (Å²) in [6.07, 6.45) is -4.47. The van der Waals surface area contributed by atoms with E-state index < -0.39 is 11.9 Å². The summed E-state index contributed by atoms with van der Waals surface area (Å²) in [5, 5.41) is 2.93. The van der Waals surface area contributed by atoms with E-state index in [-0.39, 0.29) is 5.15 Å². The van der Waals surface area contributed by atoms with Gasteiger partial charge in [-0.05, 0) is 0 Å². The molecule has 0 bridgehead atoms. The van der Waals surface area contributed by atoms with Crippen LogP contribution in [0.25, 0.3) is 0 Å². The molecule has 1 heterocycles. The van der Waals surface area contributed by atoms with Gasteiger partial charge in [0.1, 0.15) is 5.15 Å². The van der Waals surface area contributed by atoms with Crippen molar-refractivity contribution in [1.82, 2.24) is 9.78 Å². The van der Waals surface area contributed by atoms with Crippen LogP contribution in [0.4, 0.5) is 13.2 Å². The molecule has 0 unspecified atom stereocenters. The van der Waals surface area contributed by atoms with Crippen LogP contribution in [0.15, 0.2) is 0 Å². The van der Waals surface area contributed by atoms with E-state index in [2.05, 4.69) is 5.10 Å². The van der Waals surface area contributed by atoms with Crippen molar-refractivity contribution in [2.75, 3.05) is 0 Å². The summed E-state index contributed by atoms with van der Waals surface area (Å²) in [6, 6.07) is 1.88. The third-order valence-electron chi connectivity index (χ3n) is 1.02. The van der Waals surface area contributed by atoms with Crippen molar-refractivity contribution in [3.63, 3.8) is 0 Å². The van der Waals surface area contributed by atoms with Crippen LogP contribution in [-0.2, 0) is 13.2 Å². The molecule has 0 aromatic carbocycles. The molecular weight excluding hydrogens is 181 g/mol. The molecule has 61 valence electrons. The maximum absolute atomic E-state index is 11.8. The fourth-order valence-electron chi connectivity index (χ4n) is 0.525. The second-order valence-corrected chi connectivity index (χ2v) is 2.24. The number of aryl methyl sites for hydroxylation is 1. The molecule has 0 aliphatic heterocycles. The molecule has 0 amide bonds. The molecule has 0 saturated heterocycles. The molecule has 0 atom stereocenters. The summed E-state index contributed by atoms with van der Waals surface area (Å²) < 4.78 is 36.4. The van der Waals surface area contributed by atoms with Crippen LogP contribution >= 0.6 is 11.6 Å². The average Bonchev–Trinajstić information content (AvgIpc) is 2.11. The smallest absolute Gasteiger partial charge is 0.256 e. The van der Waals surface area contributed by atoms with Gasteiger partial charge >= 0.3 is 6.18 Å². The Morgan fingerprint density at radius 1 is 1.55 bits per heavy atom. The van der Waals surface area contributed by atoms with E-state index in [1.165, 1.54) is 7.05 Å². The Morgan fingerprint density at radius 3 is 2.27 bits per heavy atom. The molecule has 1 aromatic heterocycles. The first-order valence-electron chi connectivity index (χ1n) is 2.60. The number of hydrogen-bond donors (Lipinski definition) is 0. The Hall–Kier alpha value is -0.710.